The molecule has 2 heteroatoms. The van der Waals surface area contributed by atoms with Crippen LogP contribution in [0.4, 0.5) is 0 Å². The Labute approximate surface area is 269 Å². The van der Waals surface area contributed by atoms with Gasteiger partial charge in [0.05, 0.1) is 0 Å². The summed E-state index contributed by atoms with van der Waals surface area (Å²) < 4.78 is 0. The van der Waals surface area contributed by atoms with Gasteiger partial charge in [0.15, 0.2) is 0 Å². The van der Waals surface area contributed by atoms with Crippen LogP contribution < -0.4 is 31.8 Å². The molecule has 0 aromatic heterocycles. The van der Waals surface area contributed by atoms with Gasteiger partial charge in [-0.25, -0.2) is 0 Å². The highest BCUT2D eigenvalue weighted by atomic mass is 31.2. The fourth-order valence-electron chi connectivity index (χ4n) is 9.23. The van der Waals surface area contributed by atoms with E-state index in [9.17, 15) is 0 Å². The van der Waals surface area contributed by atoms with Crippen LogP contribution in [0.25, 0.3) is 0 Å². The van der Waals surface area contributed by atoms with Crippen molar-refractivity contribution in [2.45, 2.75) is 30.6 Å². The van der Waals surface area contributed by atoms with Gasteiger partial charge in [0, 0.05) is 11.8 Å². The fourth-order valence-corrected chi connectivity index (χ4v) is 21.3. The zero-order chi connectivity index (χ0) is 30.1. The van der Waals surface area contributed by atoms with Crippen molar-refractivity contribution in [3.63, 3.8) is 0 Å². The lowest BCUT2D eigenvalue weighted by Crippen LogP contribution is -2.52. The lowest BCUT2D eigenvalue weighted by Gasteiger charge is -2.45. The number of benzene rings is 6. The van der Waals surface area contributed by atoms with Gasteiger partial charge in [0.25, 0.3) is 0 Å². The summed E-state index contributed by atoms with van der Waals surface area (Å²) in [6, 6.07) is 70.1. The van der Waals surface area contributed by atoms with Gasteiger partial charge in [-0.3, -0.25) is 0 Å². The summed E-state index contributed by atoms with van der Waals surface area (Å²) in [6.45, 7) is 0. The Morgan fingerprint density at radius 1 is 0.289 bits per heavy atom. The molecule has 4 unspecified atom stereocenters. The Bertz CT molecular complexity index is 1490. The maximum atomic E-state index is 2.46. The van der Waals surface area contributed by atoms with E-state index < -0.39 is 14.5 Å². The number of hydrogen-bond acceptors (Lipinski definition) is 0. The lowest BCUT2D eigenvalue weighted by molar-refractivity contribution is 0.495. The van der Waals surface area contributed by atoms with Crippen LogP contribution in [0, 0.1) is 11.8 Å². The van der Waals surface area contributed by atoms with Crippen molar-refractivity contribution in [3.8, 4) is 0 Å². The van der Waals surface area contributed by atoms with Crippen molar-refractivity contribution in [1.82, 2.24) is 0 Å². The molecule has 0 amide bonds. The smallest absolute Gasteiger partial charge is 0.0620 e. The maximum Gasteiger partial charge on any atom is 0.124 e. The molecule has 4 atom stereocenters. The Kier molecular flexibility index (Phi) is 7.75. The van der Waals surface area contributed by atoms with E-state index in [2.05, 4.69) is 182 Å². The summed E-state index contributed by atoms with van der Waals surface area (Å²) in [5, 5.41) is 9.15. The highest BCUT2D eigenvalue weighted by molar-refractivity contribution is 8.00. The monoisotopic (exact) mass is 618 g/mol. The Balaban J connectivity index is 1.52. The van der Waals surface area contributed by atoms with Crippen molar-refractivity contribution in [2.24, 2.45) is 11.8 Å². The molecule has 6 aromatic rings. The largest absolute Gasteiger partial charge is 0.124 e. The molecule has 2 bridgehead atoms. The minimum atomic E-state index is -2.13. The molecule has 0 aliphatic heterocycles. The predicted molar refractivity (Wildman–Crippen MR) is 199 cm³/mol. The summed E-state index contributed by atoms with van der Waals surface area (Å²) >= 11 is 0. The quantitative estimate of drug-likeness (QED) is 0.151. The average molecular weight is 619 g/mol. The van der Waals surface area contributed by atoms with E-state index in [4.69, 9.17) is 0 Å². The molecule has 45 heavy (non-hydrogen) atoms. The molecule has 0 spiro atoms. The van der Waals surface area contributed by atoms with E-state index in [-0.39, 0.29) is 0 Å². The van der Waals surface area contributed by atoms with Crippen LogP contribution in [0.2, 0.25) is 0 Å². The van der Waals surface area contributed by atoms with Gasteiger partial charge in [0.2, 0.25) is 0 Å². The van der Waals surface area contributed by atoms with Crippen LogP contribution >= 0.6 is 14.5 Å². The minimum absolute atomic E-state index is 0.525. The van der Waals surface area contributed by atoms with Crippen LogP contribution in [0.15, 0.2) is 182 Å². The average Bonchev–Trinajstić information content (AvgIpc) is 3.75. The number of fused-ring (bicyclic) bond motifs is 2. The van der Waals surface area contributed by atoms with Gasteiger partial charge in [-0.05, 0) is 92.1 Å². The van der Waals surface area contributed by atoms with Crippen LogP contribution in [0.3, 0.4) is 0 Å². The molecule has 220 valence electrons. The molecule has 6 aromatic carbocycles. The van der Waals surface area contributed by atoms with E-state index >= 15 is 0 Å². The summed E-state index contributed by atoms with van der Waals surface area (Å²) in [5.41, 5.74) is 1.05. The molecular weight excluding hydrogens is 578 g/mol. The SMILES string of the molecule is c1ccc([P+](c2ccccc2)(c2ccccc2)C2C3CCC(C3)C2[P+](c2ccccc2)(c2ccccc2)c2ccccc2)cc1. The Morgan fingerprint density at radius 2 is 0.489 bits per heavy atom. The van der Waals surface area contributed by atoms with Gasteiger partial charge in [-0.2, -0.15) is 0 Å². The third-order valence-corrected chi connectivity index (χ3v) is 20.9. The van der Waals surface area contributed by atoms with E-state index in [0.717, 1.165) is 0 Å². The molecule has 8 rings (SSSR count). The first-order chi connectivity index (χ1) is 22.3. The van der Waals surface area contributed by atoms with E-state index in [0.29, 0.717) is 23.2 Å². The molecule has 0 heterocycles. The first-order valence-corrected chi connectivity index (χ1v) is 20.2. The molecule has 2 aliphatic carbocycles. The van der Waals surface area contributed by atoms with Gasteiger partial charge in [-0.1, -0.05) is 109 Å². The molecule has 0 radical (unpaired) electrons. The maximum absolute atomic E-state index is 2.46. The van der Waals surface area contributed by atoms with Crippen LogP contribution in [-0.2, 0) is 0 Å². The molecule has 0 N–H and O–H groups in total. The van der Waals surface area contributed by atoms with Crippen LogP contribution in [-0.4, -0.2) is 11.3 Å². The molecule has 0 nitrogen and oxygen atoms in total. The van der Waals surface area contributed by atoms with E-state index in [1.54, 1.807) is 0 Å². The zero-order valence-corrected chi connectivity index (χ0v) is 27.4. The van der Waals surface area contributed by atoms with Gasteiger partial charge in [-0.15, -0.1) is 0 Å². The Hall–Kier alpha value is -3.82. The van der Waals surface area contributed by atoms with Crippen molar-refractivity contribution < 1.29 is 0 Å². The predicted octanol–water partition coefficient (Wildman–Crippen LogP) is 8.14. The van der Waals surface area contributed by atoms with Gasteiger partial charge in [0.1, 0.15) is 57.7 Å². The molecule has 0 saturated heterocycles. The van der Waals surface area contributed by atoms with Crippen LogP contribution in [0.1, 0.15) is 19.3 Å². The molecular formula is C43H40P2+2. The standard InChI is InChI=1S/C43H40P2/c1-7-19-36(20-8-1)44(37-21-9-2-10-22-37,38-23-11-3-12-24-38)42-34-31-32-35(33-34)43(42)45(39-25-13-4-14-26-39,40-27-15-5-16-28-40)41-29-17-6-18-30-41/h1-30,34-35,42-43H,31-33H2/q+2. The van der Waals surface area contributed by atoms with Crippen LogP contribution in [0.5, 0.6) is 0 Å². The van der Waals surface area contributed by atoms with Crippen molar-refractivity contribution in [1.29, 1.82) is 0 Å². The van der Waals surface area contributed by atoms with Crippen molar-refractivity contribution in [3.05, 3.63) is 182 Å². The molecule has 2 fully saturated rings. The third kappa shape index (κ3) is 4.57. The second-order valence-corrected chi connectivity index (χ2v) is 20.0. The lowest BCUT2D eigenvalue weighted by atomic mass is 9.99. The first-order valence-electron chi connectivity index (χ1n) is 16.5. The second kappa shape index (κ2) is 12.2. The summed E-state index contributed by atoms with van der Waals surface area (Å²) in [4.78, 5) is 0. The topological polar surface area (TPSA) is 0 Å². The van der Waals surface area contributed by atoms with Gasteiger partial charge >= 0.3 is 0 Å². The zero-order valence-electron chi connectivity index (χ0n) is 25.6. The minimum Gasteiger partial charge on any atom is -0.0620 e. The summed E-state index contributed by atoms with van der Waals surface area (Å²) in [5.74, 6) is 1.37. The molecule has 2 saturated carbocycles. The van der Waals surface area contributed by atoms with Crippen molar-refractivity contribution >= 4 is 46.4 Å². The highest BCUT2D eigenvalue weighted by Gasteiger charge is 2.73. The number of rotatable bonds is 8. The summed E-state index contributed by atoms with van der Waals surface area (Å²) in [6.07, 6.45) is 3.99. The van der Waals surface area contributed by atoms with E-state index in [1.165, 1.54) is 51.1 Å². The first kappa shape index (κ1) is 28.6. The second-order valence-electron chi connectivity index (χ2n) is 12.8. The summed E-state index contributed by atoms with van der Waals surface area (Å²) in [7, 11) is -4.26. The highest BCUT2D eigenvalue weighted by Crippen LogP contribution is 2.78. The van der Waals surface area contributed by atoms with E-state index in [1.807, 2.05) is 0 Å². The fraction of sp³-hybridized carbons (Fsp3) is 0.163. The third-order valence-electron chi connectivity index (χ3n) is 10.7. The normalized spacial score (nSPS) is 21.1. The van der Waals surface area contributed by atoms with Gasteiger partial charge < -0.3 is 0 Å². The molecule has 2 aliphatic rings. The van der Waals surface area contributed by atoms with Crippen molar-refractivity contribution in [2.75, 3.05) is 0 Å². The Morgan fingerprint density at radius 3 is 0.689 bits per heavy atom. The number of hydrogen-bond donors (Lipinski definition) is 0.